The van der Waals surface area contributed by atoms with Crippen LogP contribution in [0.1, 0.15) is 27.7 Å². The van der Waals surface area contributed by atoms with Crippen LogP contribution in [0, 0.1) is 11.6 Å². The molecule has 1 heterocycles. The zero-order valence-corrected chi connectivity index (χ0v) is 13.1. The van der Waals surface area contributed by atoms with Crippen LogP contribution in [0.2, 0.25) is 0 Å². The molecule has 0 spiro atoms. The number of carbonyl (C=O) groups excluding carboxylic acids is 1. The van der Waals surface area contributed by atoms with Crippen molar-refractivity contribution in [3.8, 4) is 0 Å². The van der Waals surface area contributed by atoms with Gasteiger partial charge in [0.05, 0.1) is 6.54 Å². The van der Waals surface area contributed by atoms with Gasteiger partial charge in [0.25, 0.3) is 5.91 Å². The lowest BCUT2D eigenvalue weighted by Gasteiger charge is -2.08. The third-order valence-corrected chi connectivity index (χ3v) is 4.28. The molecule has 106 valence electrons. The van der Waals surface area contributed by atoms with Crippen LogP contribution in [0.4, 0.5) is 8.78 Å². The van der Waals surface area contributed by atoms with Gasteiger partial charge in [-0.1, -0.05) is 22.9 Å². The van der Waals surface area contributed by atoms with Crippen molar-refractivity contribution in [2.75, 3.05) is 0 Å². The Morgan fingerprint density at radius 3 is 2.60 bits per heavy atom. The molecule has 6 heteroatoms. The summed E-state index contributed by atoms with van der Waals surface area (Å²) in [6.45, 7) is 2.29. The van der Waals surface area contributed by atoms with E-state index in [2.05, 4.69) is 21.2 Å². The molecule has 0 saturated heterocycles. The normalized spacial score (nSPS) is 10.6. The number of aryl methyl sites for hydroxylation is 1. The predicted octanol–water partition coefficient (Wildman–Crippen LogP) is 4.28. The van der Waals surface area contributed by atoms with Crippen molar-refractivity contribution >= 4 is 33.2 Å². The first kappa shape index (κ1) is 15.1. The summed E-state index contributed by atoms with van der Waals surface area (Å²) in [6, 6.07) is 4.12. The Morgan fingerprint density at radius 2 is 2.00 bits per heavy atom. The summed E-state index contributed by atoms with van der Waals surface area (Å²) < 4.78 is 27.5. The minimum absolute atomic E-state index is 0.260. The smallest absolute Gasteiger partial charge is 0.257 e. The van der Waals surface area contributed by atoms with Crippen LogP contribution in [0.3, 0.4) is 0 Å². The Morgan fingerprint density at radius 1 is 1.35 bits per heavy atom. The van der Waals surface area contributed by atoms with E-state index in [0.717, 1.165) is 29.0 Å². The molecule has 0 unspecified atom stereocenters. The molecule has 2 nitrogen and oxygen atoms in total. The Labute approximate surface area is 127 Å². The van der Waals surface area contributed by atoms with Crippen LogP contribution in [-0.4, -0.2) is 5.91 Å². The first-order valence-corrected chi connectivity index (χ1v) is 7.68. The van der Waals surface area contributed by atoms with Crippen molar-refractivity contribution in [1.29, 1.82) is 0 Å². The second-order valence-corrected chi connectivity index (χ2v) is 6.07. The van der Waals surface area contributed by atoms with Crippen molar-refractivity contribution in [3.63, 3.8) is 0 Å². The summed E-state index contributed by atoms with van der Waals surface area (Å²) in [6.07, 6.45) is 0.857. The monoisotopic (exact) mass is 359 g/mol. The first-order chi connectivity index (χ1) is 9.52. The van der Waals surface area contributed by atoms with E-state index in [-0.39, 0.29) is 11.0 Å². The molecule has 0 aliphatic carbocycles. The van der Waals surface area contributed by atoms with Crippen LogP contribution in [0.15, 0.2) is 28.1 Å². The van der Waals surface area contributed by atoms with E-state index in [1.165, 1.54) is 11.3 Å². The molecule has 0 fully saturated rings. The fraction of sp³-hybridized carbons (Fsp3) is 0.214. The fourth-order valence-electron chi connectivity index (χ4n) is 1.85. The maximum atomic E-state index is 13.6. The Kier molecular flexibility index (Phi) is 4.88. The summed E-state index contributed by atoms with van der Waals surface area (Å²) in [4.78, 5) is 12.9. The molecule has 0 aliphatic heterocycles. The van der Waals surface area contributed by atoms with Gasteiger partial charge in [-0.2, -0.15) is 0 Å². The maximum absolute atomic E-state index is 13.6. The van der Waals surface area contributed by atoms with Gasteiger partial charge in [0.2, 0.25) is 0 Å². The largest absolute Gasteiger partial charge is 0.347 e. The van der Waals surface area contributed by atoms with Gasteiger partial charge in [0, 0.05) is 9.35 Å². The molecule has 0 saturated carbocycles. The SMILES string of the molecule is CCc1ccsc1CNC(=O)c1c(F)cc(Br)cc1F. The Bertz CT molecular complexity index is 619. The van der Waals surface area contributed by atoms with E-state index in [4.69, 9.17) is 0 Å². The molecule has 0 radical (unpaired) electrons. The molecule has 0 atom stereocenters. The average molecular weight is 360 g/mol. The van der Waals surface area contributed by atoms with Gasteiger partial charge < -0.3 is 5.32 Å². The van der Waals surface area contributed by atoms with E-state index in [1.54, 1.807) is 0 Å². The van der Waals surface area contributed by atoms with Gasteiger partial charge in [0.15, 0.2) is 0 Å². The van der Waals surface area contributed by atoms with Crippen molar-refractivity contribution in [3.05, 3.63) is 55.7 Å². The molecule has 1 N–H and O–H groups in total. The van der Waals surface area contributed by atoms with E-state index < -0.39 is 23.1 Å². The molecular weight excluding hydrogens is 348 g/mol. The van der Waals surface area contributed by atoms with E-state index in [9.17, 15) is 13.6 Å². The Hall–Kier alpha value is -1.27. The highest BCUT2D eigenvalue weighted by molar-refractivity contribution is 9.10. The van der Waals surface area contributed by atoms with Gasteiger partial charge in [-0.3, -0.25) is 4.79 Å². The van der Waals surface area contributed by atoms with Crippen molar-refractivity contribution in [2.24, 2.45) is 0 Å². The van der Waals surface area contributed by atoms with Crippen molar-refractivity contribution < 1.29 is 13.6 Å². The van der Waals surface area contributed by atoms with E-state index in [0.29, 0.717) is 0 Å². The minimum atomic E-state index is -0.878. The molecule has 2 aromatic rings. The second-order valence-electron chi connectivity index (χ2n) is 4.15. The number of benzene rings is 1. The van der Waals surface area contributed by atoms with E-state index in [1.807, 2.05) is 18.4 Å². The quantitative estimate of drug-likeness (QED) is 0.866. The number of carbonyl (C=O) groups is 1. The number of halogens is 3. The number of nitrogens with one attached hydrogen (secondary N) is 1. The number of amides is 1. The minimum Gasteiger partial charge on any atom is -0.347 e. The lowest BCUT2D eigenvalue weighted by Crippen LogP contribution is -2.25. The number of hydrogen-bond acceptors (Lipinski definition) is 2. The zero-order chi connectivity index (χ0) is 14.7. The molecule has 1 aromatic heterocycles. The molecule has 0 bridgehead atoms. The van der Waals surface area contributed by atoms with Crippen LogP contribution >= 0.6 is 27.3 Å². The summed E-state index contributed by atoms with van der Waals surface area (Å²) in [5, 5.41) is 4.49. The summed E-state index contributed by atoms with van der Waals surface area (Å²) in [5.74, 6) is -2.50. The molecular formula is C14H12BrF2NOS. The zero-order valence-electron chi connectivity index (χ0n) is 10.7. The molecule has 0 aliphatic rings. The maximum Gasteiger partial charge on any atom is 0.257 e. The van der Waals surface area contributed by atoms with Gasteiger partial charge in [-0.15, -0.1) is 11.3 Å². The van der Waals surface area contributed by atoms with Gasteiger partial charge >= 0.3 is 0 Å². The highest BCUT2D eigenvalue weighted by Crippen LogP contribution is 2.20. The summed E-state index contributed by atoms with van der Waals surface area (Å²) in [7, 11) is 0. The third-order valence-electron chi connectivity index (χ3n) is 2.86. The standard InChI is InChI=1S/C14H12BrF2NOS/c1-2-8-3-4-20-12(8)7-18-14(19)13-10(16)5-9(15)6-11(13)17/h3-6H,2,7H2,1H3,(H,18,19). The Balaban J connectivity index is 2.13. The van der Waals surface area contributed by atoms with Gasteiger partial charge in [-0.05, 0) is 35.6 Å². The van der Waals surface area contributed by atoms with E-state index >= 15 is 0 Å². The highest BCUT2D eigenvalue weighted by atomic mass is 79.9. The lowest BCUT2D eigenvalue weighted by molar-refractivity contribution is 0.0942. The first-order valence-electron chi connectivity index (χ1n) is 6.01. The van der Waals surface area contributed by atoms with Crippen molar-refractivity contribution in [1.82, 2.24) is 5.32 Å². The third kappa shape index (κ3) is 3.24. The highest BCUT2D eigenvalue weighted by Gasteiger charge is 2.18. The van der Waals surface area contributed by atoms with Crippen LogP contribution < -0.4 is 5.32 Å². The fourth-order valence-corrected chi connectivity index (χ4v) is 3.16. The average Bonchev–Trinajstić information content (AvgIpc) is 2.82. The van der Waals surface area contributed by atoms with Gasteiger partial charge in [0.1, 0.15) is 17.2 Å². The van der Waals surface area contributed by atoms with Crippen LogP contribution in [0.5, 0.6) is 0 Å². The second kappa shape index (κ2) is 6.45. The van der Waals surface area contributed by atoms with Gasteiger partial charge in [-0.25, -0.2) is 8.78 Å². The molecule has 1 amide bonds. The molecule has 20 heavy (non-hydrogen) atoms. The number of rotatable bonds is 4. The predicted molar refractivity (Wildman–Crippen MR) is 78.9 cm³/mol. The van der Waals surface area contributed by atoms with Crippen molar-refractivity contribution in [2.45, 2.75) is 19.9 Å². The molecule has 1 aromatic carbocycles. The summed E-state index contributed by atoms with van der Waals surface area (Å²) in [5.41, 5.74) is 0.579. The molecule has 2 rings (SSSR count). The number of thiophene rings is 1. The lowest BCUT2D eigenvalue weighted by atomic mass is 10.1. The topological polar surface area (TPSA) is 29.1 Å². The summed E-state index contributed by atoms with van der Waals surface area (Å²) >= 11 is 4.49. The number of hydrogen-bond donors (Lipinski definition) is 1. The van der Waals surface area contributed by atoms with Crippen LogP contribution in [0.25, 0.3) is 0 Å². The van der Waals surface area contributed by atoms with Crippen LogP contribution in [-0.2, 0) is 13.0 Å².